The molecule has 1 fully saturated rings. The number of nitrogens with zero attached hydrogens (tertiary/aromatic N) is 5. The standard InChI is InChI=1S/C24H25F2N7O/c1-32-15-29-22-18(3-2-4-19(22)32)23-24(28-13-20(25)26)31-21(14-27-23)30-16-5-7-17(8-6-16)33-9-11-34-12-10-33/h2-8,14-15,20H,9-13H2,1H3,(H2,28,30,31). The number of hydrogen-bond donors (Lipinski definition) is 2. The van der Waals surface area contributed by atoms with Gasteiger partial charge in [-0.15, -0.1) is 0 Å². The number of benzene rings is 2. The molecule has 4 aromatic rings. The highest BCUT2D eigenvalue weighted by Crippen LogP contribution is 2.32. The second kappa shape index (κ2) is 9.60. The summed E-state index contributed by atoms with van der Waals surface area (Å²) < 4.78 is 33.3. The first-order chi connectivity index (χ1) is 16.6. The molecule has 1 saturated heterocycles. The van der Waals surface area contributed by atoms with E-state index in [1.807, 2.05) is 54.1 Å². The molecule has 1 aliphatic rings. The number of rotatable bonds is 7. The van der Waals surface area contributed by atoms with Crippen LogP contribution < -0.4 is 15.5 Å². The lowest BCUT2D eigenvalue weighted by molar-refractivity contribution is 0.122. The predicted octanol–water partition coefficient (Wildman–Crippen LogP) is 4.29. The molecule has 0 saturated carbocycles. The zero-order valence-corrected chi connectivity index (χ0v) is 18.7. The maximum Gasteiger partial charge on any atom is 0.255 e. The van der Waals surface area contributed by atoms with Crippen molar-refractivity contribution in [2.75, 3.05) is 48.4 Å². The fraction of sp³-hybridized carbons (Fsp3) is 0.292. The third kappa shape index (κ3) is 4.62. The van der Waals surface area contributed by atoms with Gasteiger partial charge in [-0.1, -0.05) is 12.1 Å². The first-order valence-electron chi connectivity index (χ1n) is 11.1. The molecule has 0 radical (unpaired) electrons. The summed E-state index contributed by atoms with van der Waals surface area (Å²) in [6.07, 6.45) is 0.787. The van der Waals surface area contributed by atoms with E-state index in [0.29, 0.717) is 11.5 Å². The SMILES string of the molecule is Cn1cnc2c(-c3ncc(Nc4ccc(N5CCOCC5)cc4)nc3NCC(F)F)cccc21. The molecular weight excluding hydrogens is 440 g/mol. The van der Waals surface area contributed by atoms with Crippen LogP contribution in [0.4, 0.5) is 31.8 Å². The van der Waals surface area contributed by atoms with E-state index >= 15 is 0 Å². The second-order valence-electron chi connectivity index (χ2n) is 8.02. The van der Waals surface area contributed by atoms with Gasteiger partial charge in [-0.05, 0) is 30.3 Å². The Bertz CT molecular complexity index is 1270. The molecule has 0 bridgehead atoms. The average molecular weight is 466 g/mol. The number of para-hydroxylation sites is 1. The summed E-state index contributed by atoms with van der Waals surface area (Å²) in [7, 11) is 1.90. The molecule has 34 heavy (non-hydrogen) atoms. The van der Waals surface area contributed by atoms with Crippen molar-refractivity contribution in [3.63, 3.8) is 0 Å². The van der Waals surface area contributed by atoms with Crippen molar-refractivity contribution in [1.82, 2.24) is 19.5 Å². The van der Waals surface area contributed by atoms with E-state index in [-0.39, 0.29) is 5.82 Å². The Labute approximate surface area is 195 Å². The van der Waals surface area contributed by atoms with Crippen LogP contribution in [0.25, 0.3) is 22.3 Å². The van der Waals surface area contributed by atoms with E-state index in [4.69, 9.17) is 4.74 Å². The monoisotopic (exact) mass is 465 g/mol. The highest BCUT2D eigenvalue weighted by Gasteiger charge is 2.17. The van der Waals surface area contributed by atoms with Crippen molar-refractivity contribution in [3.05, 3.63) is 55.0 Å². The molecule has 2 aromatic carbocycles. The fourth-order valence-corrected chi connectivity index (χ4v) is 4.02. The van der Waals surface area contributed by atoms with E-state index in [1.165, 1.54) is 0 Å². The van der Waals surface area contributed by atoms with Crippen molar-refractivity contribution < 1.29 is 13.5 Å². The van der Waals surface area contributed by atoms with Crippen LogP contribution in [0.2, 0.25) is 0 Å². The molecular formula is C24H25F2N7O. The van der Waals surface area contributed by atoms with Crippen LogP contribution >= 0.6 is 0 Å². The molecule has 0 amide bonds. The fourth-order valence-electron chi connectivity index (χ4n) is 4.02. The van der Waals surface area contributed by atoms with Crippen molar-refractivity contribution in [2.45, 2.75) is 6.43 Å². The summed E-state index contributed by atoms with van der Waals surface area (Å²) in [6, 6.07) is 13.7. The van der Waals surface area contributed by atoms with Gasteiger partial charge < -0.3 is 24.8 Å². The first-order valence-corrected chi connectivity index (χ1v) is 11.1. The van der Waals surface area contributed by atoms with Gasteiger partial charge in [0.1, 0.15) is 5.69 Å². The van der Waals surface area contributed by atoms with E-state index in [9.17, 15) is 8.78 Å². The van der Waals surface area contributed by atoms with E-state index in [2.05, 4.69) is 30.5 Å². The summed E-state index contributed by atoms with van der Waals surface area (Å²) in [5.41, 5.74) is 4.80. The van der Waals surface area contributed by atoms with Crippen molar-refractivity contribution in [2.24, 2.45) is 7.05 Å². The number of aromatic nitrogens is 4. The van der Waals surface area contributed by atoms with Gasteiger partial charge >= 0.3 is 0 Å². The minimum Gasteiger partial charge on any atom is -0.378 e. The summed E-state index contributed by atoms with van der Waals surface area (Å²) in [6.45, 7) is 2.65. The Hall–Kier alpha value is -3.79. The van der Waals surface area contributed by atoms with Gasteiger partial charge in [-0.3, -0.25) is 0 Å². The predicted molar refractivity (Wildman–Crippen MR) is 129 cm³/mol. The number of anilines is 4. The number of ether oxygens (including phenoxy) is 1. The van der Waals surface area contributed by atoms with Crippen LogP contribution in [0.15, 0.2) is 55.0 Å². The molecule has 0 unspecified atom stereocenters. The Morgan fingerprint density at radius 1 is 1.06 bits per heavy atom. The number of hydrogen-bond acceptors (Lipinski definition) is 7. The highest BCUT2D eigenvalue weighted by molar-refractivity contribution is 5.94. The molecule has 2 N–H and O–H groups in total. The molecule has 2 aromatic heterocycles. The lowest BCUT2D eigenvalue weighted by Crippen LogP contribution is -2.36. The molecule has 0 spiro atoms. The molecule has 1 aliphatic heterocycles. The van der Waals surface area contributed by atoms with Crippen LogP contribution in [-0.2, 0) is 11.8 Å². The van der Waals surface area contributed by atoms with Crippen molar-refractivity contribution in [1.29, 1.82) is 0 Å². The Morgan fingerprint density at radius 2 is 1.85 bits per heavy atom. The smallest absolute Gasteiger partial charge is 0.255 e. The van der Waals surface area contributed by atoms with Crippen LogP contribution in [0.5, 0.6) is 0 Å². The molecule has 0 atom stereocenters. The summed E-state index contributed by atoms with van der Waals surface area (Å²) in [5, 5.41) is 5.96. The number of aryl methyl sites for hydroxylation is 1. The number of alkyl halides is 2. The first kappa shape index (κ1) is 22.0. The number of halogens is 2. The number of morpholine rings is 1. The maximum atomic E-state index is 13.0. The minimum absolute atomic E-state index is 0.272. The topological polar surface area (TPSA) is 80.1 Å². The lowest BCUT2D eigenvalue weighted by Gasteiger charge is -2.28. The number of nitrogens with one attached hydrogen (secondary N) is 2. The van der Waals surface area contributed by atoms with E-state index < -0.39 is 13.0 Å². The molecule has 0 aliphatic carbocycles. The second-order valence-corrected chi connectivity index (χ2v) is 8.02. The van der Waals surface area contributed by atoms with Gasteiger partial charge in [-0.25, -0.2) is 23.7 Å². The molecule has 8 nitrogen and oxygen atoms in total. The summed E-state index contributed by atoms with van der Waals surface area (Å²) >= 11 is 0. The van der Waals surface area contributed by atoms with E-state index in [0.717, 1.165) is 54.3 Å². The number of imidazole rings is 1. The van der Waals surface area contributed by atoms with Crippen LogP contribution in [0, 0.1) is 0 Å². The number of fused-ring (bicyclic) bond motifs is 1. The highest BCUT2D eigenvalue weighted by atomic mass is 19.3. The largest absolute Gasteiger partial charge is 0.378 e. The van der Waals surface area contributed by atoms with Gasteiger partial charge in [0.25, 0.3) is 6.43 Å². The Morgan fingerprint density at radius 3 is 2.62 bits per heavy atom. The van der Waals surface area contributed by atoms with Crippen molar-refractivity contribution >= 4 is 34.0 Å². The van der Waals surface area contributed by atoms with Crippen LogP contribution in [0.1, 0.15) is 0 Å². The Balaban J connectivity index is 1.43. The van der Waals surface area contributed by atoms with Crippen LogP contribution in [-0.4, -0.2) is 58.8 Å². The summed E-state index contributed by atoms with van der Waals surface area (Å²) in [5.74, 6) is 0.723. The van der Waals surface area contributed by atoms with Gasteiger partial charge in [0.15, 0.2) is 11.6 Å². The normalized spacial score (nSPS) is 14.1. The lowest BCUT2D eigenvalue weighted by atomic mass is 10.1. The third-order valence-electron chi connectivity index (χ3n) is 5.72. The maximum absolute atomic E-state index is 13.0. The zero-order valence-electron chi connectivity index (χ0n) is 18.7. The average Bonchev–Trinajstić information content (AvgIpc) is 3.25. The minimum atomic E-state index is -2.52. The van der Waals surface area contributed by atoms with Gasteiger partial charge in [-0.2, -0.15) is 0 Å². The molecule has 3 heterocycles. The van der Waals surface area contributed by atoms with Gasteiger partial charge in [0.2, 0.25) is 0 Å². The quantitative estimate of drug-likeness (QED) is 0.422. The summed E-state index contributed by atoms with van der Waals surface area (Å²) in [4.78, 5) is 15.9. The molecule has 176 valence electrons. The molecule has 5 rings (SSSR count). The Kier molecular flexibility index (Phi) is 6.22. The van der Waals surface area contributed by atoms with Crippen LogP contribution in [0.3, 0.4) is 0 Å². The van der Waals surface area contributed by atoms with Crippen molar-refractivity contribution in [3.8, 4) is 11.3 Å². The van der Waals surface area contributed by atoms with Gasteiger partial charge in [0, 0.05) is 37.1 Å². The van der Waals surface area contributed by atoms with Gasteiger partial charge in [0.05, 0.1) is 43.3 Å². The van der Waals surface area contributed by atoms with E-state index in [1.54, 1.807) is 12.5 Å². The molecule has 10 heteroatoms. The zero-order chi connectivity index (χ0) is 23.5. The third-order valence-corrected chi connectivity index (χ3v) is 5.72.